The van der Waals surface area contributed by atoms with Crippen LogP contribution in [0.3, 0.4) is 0 Å². The van der Waals surface area contributed by atoms with E-state index in [0.29, 0.717) is 12.4 Å². The van der Waals surface area contributed by atoms with Crippen LogP contribution in [0.1, 0.15) is 24.7 Å². The molecule has 2 rings (SSSR count). The first-order chi connectivity index (χ1) is 9.06. The number of aryl methyl sites for hydroxylation is 2. The van der Waals surface area contributed by atoms with E-state index in [9.17, 15) is 8.42 Å². The van der Waals surface area contributed by atoms with Gasteiger partial charge in [0, 0.05) is 6.54 Å². The smallest absolute Gasteiger partial charge is 0.252 e. The topological polar surface area (TPSA) is 89.8 Å². The quantitative estimate of drug-likeness (QED) is 0.852. The molecule has 9 heteroatoms. The molecular formula is C10H15N5O2S2. The lowest BCUT2D eigenvalue weighted by atomic mass is 10.5. The van der Waals surface area contributed by atoms with Crippen LogP contribution < -0.4 is 4.72 Å². The molecule has 0 amide bonds. The van der Waals surface area contributed by atoms with Gasteiger partial charge < -0.3 is 4.57 Å². The summed E-state index contributed by atoms with van der Waals surface area (Å²) in [5.41, 5.74) is 0. The Morgan fingerprint density at radius 3 is 2.84 bits per heavy atom. The average Bonchev–Trinajstić information content (AvgIpc) is 3.05. The lowest BCUT2D eigenvalue weighted by Crippen LogP contribution is -2.24. The van der Waals surface area contributed by atoms with Crippen LogP contribution in [0.4, 0.5) is 0 Å². The Morgan fingerprint density at radius 1 is 1.42 bits per heavy atom. The van der Waals surface area contributed by atoms with Gasteiger partial charge in [0.1, 0.15) is 12.2 Å². The average molecular weight is 301 g/mol. The Morgan fingerprint density at radius 2 is 2.21 bits per heavy atom. The van der Waals surface area contributed by atoms with Crippen LogP contribution in [-0.4, -0.2) is 28.2 Å². The molecule has 2 aromatic rings. The standard InChI is InChI=1S/C10H15N5O2S2/c1-3-9-11-6-10(18-9)19(16,17)13-5-8-14-12-7-15(8)4-2/h6-7,13H,3-5H2,1-2H3. The molecule has 0 unspecified atom stereocenters. The molecule has 1 N–H and O–H groups in total. The monoisotopic (exact) mass is 301 g/mol. The Balaban J connectivity index is 2.09. The van der Waals surface area contributed by atoms with Gasteiger partial charge in [0.25, 0.3) is 10.0 Å². The van der Waals surface area contributed by atoms with E-state index in [1.807, 2.05) is 13.8 Å². The lowest BCUT2D eigenvalue weighted by molar-refractivity contribution is 0.577. The molecule has 2 heterocycles. The molecule has 104 valence electrons. The van der Waals surface area contributed by atoms with E-state index >= 15 is 0 Å². The van der Waals surface area contributed by atoms with Crippen LogP contribution in [0.15, 0.2) is 16.7 Å². The first-order valence-corrected chi connectivity index (χ1v) is 8.17. The summed E-state index contributed by atoms with van der Waals surface area (Å²) >= 11 is 1.18. The summed E-state index contributed by atoms with van der Waals surface area (Å²) < 4.78 is 28.6. The number of sulfonamides is 1. The number of hydrogen-bond donors (Lipinski definition) is 1. The van der Waals surface area contributed by atoms with Crippen LogP contribution >= 0.6 is 11.3 Å². The Hall–Kier alpha value is -1.32. The van der Waals surface area contributed by atoms with Gasteiger partial charge in [0.05, 0.1) is 17.7 Å². The van der Waals surface area contributed by atoms with Gasteiger partial charge in [-0.15, -0.1) is 21.5 Å². The maximum absolute atomic E-state index is 12.1. The molecule has 0 radical (unpaired) electrons. The number of nitrogens with zero attached hydrogens (tertiary/aromatic N) is 4. The maximum atomic E-state index is 12.1. The van der Waals surface area contributed by atoms with Gasteiger partial charge in [-0.05, 0) is 13.3 Å². The van der Waals surface area contributed by atoms with Crippen molar-refractivity contribution in [1.82, 2.24) is 24.5 Å². The highest BCUT2D eigenvalue weighted by atomic mass is 32.2. The summed E-state index contributed by atoms with van der Waals surface area (Å²) in [7, 11) is -3.53. The summed E-state index contributed by atoms with van der Waals surface area (Å²) in [5.74, 6) is 0.589. The van der Waals surface area contributed by atoms with Crippen molar-refractivity contribution in [1.29, 1.82) is 0 Å². The lowest BCUT2D eigenvalue weighted by Gasteiger charge is -2.05. The van der Waals surface area contributed by atoms with Crippen molar-refractivity contribution in [3.05, 3.63) is 23.4 Å². The number of thiazole rings is 1. The van der Waals surface area contributed by atoms with Crippen molar-refractivity contribution >= 4 is 21.4 Å². The molecule has 0 fully saturated rings. The van der Waals surface area contributed by atoms with Crippen molar-refractivity contribution in [3.8, 4) is 0 Å². The molecule has 0 saturated carbocycles. The van der Waals surface area contributed by atoms with Gasteiger partial charge in [-0.25, -0.2) is 18.1 Å². The first-order valence-electron chi connectivity index (χ1n) is 5.88. The van der Waals surface area contributed by atoms with E-state index in [1.54, 1.807) is 10.9 Å². The molecule has 0 bridgehead atoms. The molecule has 2 aromatic heterocycles. The molecular weight excluding hydrogens is 286 g/mol. The van der Waals surface area contributed by atoms with Crippen LogP contribution in [0.25, 0.3) is 0 Å². The molecule has 0 saturated heterocycles. The van der Waals surface area contributed by atoms with Gasteiger partial charge in [-0.3, -0.25) is 0 Å². The van der Waals surface area contributed by atoms with Gasteiger partial charge in [0.2, 0.25) is 0 Å². The first kappa shape index (κ1) is 14.1. The predicted octanol–water partition coefficient (Wildman–Crippen LogP) is 0.795. The maximum Gasteiger partial charge on any atom is 0.252 e. The van der Waals surface area contributed by atoms with Gasteiger partial charge in [-0.2, -0.15) is 0 Å². The van der Waals surface area contributed by atoms with Gasteiger partial charge >= 0.3 is 0 Å². The third-order valence-corrected chi connectivity index (χ3v) is 5.56. The molecule has 7 nitrogen and oxygen atoms in total. The molecule has 0 aliphatic carbocycles. The van der Waals surface area contributed by atoms with Gasteiger partial charge in [-0.1, -0.05) is 6.92 Å². The Labute approximate surface area is 115 Å². The van der Waals surface area contributed by atoms with E-state index in [0.717, 1.165) is 11.4 Å². The van der Waals surface area contributed by atoms with Crippen molar-refractivity contribution < 1.29 is 8.42 Å². The molecule has 0 spiro atoms. The van der Waals surface area contributed by atoms with Crippen LogP contribution in [-0.2, 0) is 29.5 Å². The van der Waals surface area contributed by atoms with Crippen LogP contribution in [0, 0.1) is 0 Å². The largest absolute Gasteiger partial charge is 0.317 e. The third-order valence-electron chi connectivity index (χ3n) is 2.56. The van der Waals surface area contributed by atoms with Crippen LogP contribution in [0.5, 0.6) is 0 Å². The minimum atomic E-state index is -3.53. The minimum Gasteiger partial charge on any atom is -0.317 e. The zero-order valence-corrected chi connectivity index (χ0v) is 12.3. The fourth-order valence-corrected chi connectivity index (χ4v) is 3.64. The summed E-state index contributed by atoms with van der Waals surface area (Å²) in [5, 5.41) is 8.43. The van der Waals surface area contributed by atoms with E-state index in [-0.39, 0.29) is 10.8 Å². The molecule has 0 aliphatic rings. The summed E-state index contributed by atoms with van der Waals surface area (Å²) in [4.78, 5) is 4.05. The van der Waals surface area contributed by atoms with Crippen molar-refractivity contribution in [2.75, 3.05) is 0 Å². The van der Waals surface area contributed by atoms with Crippen molar-refractivity contribution in [3.63, 3.8) is 0 Å². The van der Waals surface area contributed by atoms with E-state index in [2.05, 4.69) is 19.9 Å². The second-order valence-corrected chi connectivity index (χ2v) is 6.89. The highest BCUT2D eigenvalue weighted by Crippen LogP contribution is 2.18. The highest BCUT2D eigenvalue weighted by Gasteiger charge is 2.18. The SMILES string of the molecule is CCc1ncc(S(=O)(=O)NCc2nncn2CC)s1. The third kappa shape index (κ3) is 3.17. The fraction of sp³-hybridized carbons (Fsp3) is 0.500. The van der Waals surface area contributed by atoms with Crippen LogP contribution in [0.2, 0.25) is 0 Å². The number of hydrogen-bond acceptors (Lipinski definition) is 6. The fourth-order valence-electron chi connectivity index (χ4n) is 1.49. The number of aromatic nitrogens is 4. The molecule has 19 heavy (non-hydrogen) atoms. The van der Waals surface area contributed by atoms with E-state index in [1.165, 1.54) is 17.5 Å². The predicted molar refractivity (Wildman–Crippen MR) is 71.2 cm³/mol. The van der Waals surface area contributed by atoms with Crippen molar-refractivity contribution in [2.24, 2.45) is 0 Å². The van der Waals surface area contributed by atoms with Crippen molar-refractivity contribution in [2.45, 2.75) is 37.6 Å². The summed E-state index contributed by atoms with van der Waals surface area (Å²) in [6.45, 7) is 4.70. The number of nitrogens with one attached hydrogen (secondary N) is 1. The second-order valence-electron chi connectivity index (χ2n) is 3.78. The zero-order chi connectivity index (χ0) is 13.9. The van der Waals surface area contributed by atoms with E-state index in [4.69, 9.17) is 0 Å². The normalized spacial score (nSPS) is 11.9. The Kier molecular flexibility index (Phi) is 4.27. The molecule has 0 atom stereocenters. The molecule has 0 aliphatic heterocycles. The summed E-state index contributed by atoms with van der Waals surface area (Å²) in [6.07, 6.45) is 3.69. The van der Waals surface area contributed by atoms with E-state index < -0.39 is 10.0 Å². The second kappa shape index (κ2) is 5.76. The Bertz CT molecular complexity index is 646. The minimum absolute atomic E-state index is 0.121. The zero-order valence-electron chi connectivity index (χ0n) is 10.7. The molecule has 0 aromatic carbocycles. The highest BCUT2D eigenvalue weighted by molar-refractivity contribution is 7.91. The van der Waals surface area contributed by atoms with Gasteiger partial charge in [0.15, 0.2) is 4.21 Å². The number of rotatable bonds is 6. The summed E-state index contributed by atoms with van der Waals surface area (Å²) in [6, 6.07) is 0.